The van der Waals surface area contributed by atoms with Crippen LogP contribution in [-0.2, 0) is 16.2 Å². The highest BCUT2D eigenvalue weighted by Crippen LogP contribution is 2.60. The molecule has 0 unspecified atom stereocenters. The third kappa shape index (κ3) is 12.6. The molecule has 0 N–H and O–H groups in total. The Morgan fingerprint density at radius 2 is 0.606 bits per heavy atom. The highest BCUT2D eigenvalue weighted by atomic mass is 19.1. The van der Waals surface area contributed by atoms with Crippen molar-refractivity contribution in [2.75, 3.05) is 19.6 Å². The van der Waals surface area contributed by atoms with E-state index in [1.54, 1.807) is 6.07 Å². The fraction of sp³-hybridized carbons (Fsp3) is 0.0735. The summed E-state index contributed by atoms with van der Waals surface area (Å²) < 4.78 is 25.9. The number of halogens is 1. The Labute approximate surface area is 823 Å². The number of rotatable bonds is 17. The Hall–Kier alpha value is -17.5. The van der Waals surface area contributed by atoms with Crippen LogP contribution in [0.2, 0.25) is 0 Å². The van der Waals surface area contributed by atoms with Crippen molar-refractivity contribution in [2.45, 2.75) is 64.7 Å². The molecule has 1 heterocycles. The van der Waals surface area contributed by atoms with E-state index in [1.807, 2.05) is 54.6 Å². The maximum Gasteiger partial charge on any atom is 0.159 e. The SMILES string of the molecule is CC(C)(C)c1ccc(N(c2cc3c4c(ccc5cccc(c54)C3(C)C)c2)c2ccc3ccc4c(N(c5ccccc5-c5ccccc5)c5cccc6c5oc5ccc(-c7ccc(N(c8cc9c%10c(ccc%11cccc(c%11%10)C9(C)C)c8)c8ccc9ccc%10c(N(c%11ccccc%11)c%11c(F)cc(-c%12ccccc%12)cc%11-c%11ccccc%11)ccc%11ccc8c9c%11%10)c(-c8ccccc8)c7)cc56)ccc5ccc2c3c54)cc1. The first-order chi connectivity index (χ1) is 69.5. The van der Waals surface area contributed by atoms with E-state index in [-0.39, 0.29) is 22.1 Å². The van der Waals surface area contributed by atoms with Crippen LogP contribution >= 0.6 is 0 Å². The van der Waals surface area contributed by atoms with Crippen LogP contribution in [0.5, 0.6) is 0 Å². The van der Waals surface area contributed by atoms with E-state index in [0.29, 0.717) is 5.69 Å². The van der Waals surface area contributed by atoms with Gasteiger partial charge in [0.1, 0.15) is 11.4 Å². The molecule has 25 aromatic carbocycles. The summed E-state index contributed by atoms with van der Waals surface area (Å²) in [6.45, 7) is 16.5. The summed E-state index contributed by atoms with van der Waals surface area (Å²) in [6.07, 6.45) is 0. The second kappa shape index (κ2) is 31.3. The Kier molecular flexibility index (Phi) is 18.2. The van der Waals surface area contributed by atoms with Gasteiger partial charge in [0, 0.05) is 82.6 Å². The van der Waals surface area contributed by atoms with E-state index >= 15 is 4.39 Å². The average Bonchev–Trinajstić information content (AvgIpc) is 0.774. The lowest BCUT2D eigenvalue weighted by Gasteiger charge is -2.32. The molecule has 2 aliphatic carbocycles. The van der Waals surface area contributed by atoms with Crippen LogP contribution in [0.1, 0.15) is 76.3 Å². The van der Waals surface area contributed by atoms with E-state index in [4.69, 9.17) is 4.42 Å². The standard InChI is InChI=1S/C136H95FN4O/c1-134(2,3)97-60-62-99(63-61-97)138(100-74-94-48-46-86-36-25-42-111-128(86)130(94)113(80-100)135(111,4)5)117-68-54-88-53-67-107-120(71-57-91-50-64-104(117)124(88)127(91)107)141(116-44-24-23-40-102(116)83-30-15-9-16-31-83)122-45-27-41-103-110-77-93(59-73-123(110)142-133(103)122)92-58-72-121(108(76-92)84-32-17-10-18-33-84)139(101-75-95-49-47-87-37-26-43-112-129(87)131(95)114(81-101)136(112,6)7)118-69-55-89-52-66-106-119(70-56-90-51-65-105(118)125(89)126(90)106)140(98-38-21-12-22-39-98)132-109(85-34-19-11-20-35-85)78-96(79-115(132)137)82-28-13-8-14-29-82/h8-81H,1-7H3. The van der Waals surface area contributed by atoms with Gasteiger partial charge in [-0.05, 0) is 280 Å². The first-order valence-corrected chi connectivity index (χ1v) is 49.5. The summed E-state index contributed by atoms with van der Waals surface area (Å²) in [5.41, 5.74) is 29.2. The maximum atomic E-state index is 18.4. The van der Waals surface area contributed by atoms with E-state index in [0.717, 1.165) is 183 Å². The molecule has 0 amide bonds. The molecule has 28 rings (SSSR count). The molecule has 672 valence electrons. The summed E-state index contributed by atoms with van der Waals surface area (Å²) in [7, 11) is 0. The van der Waals surface area contributed by atoms with Gasteiger partial charge in [0.15, 0.2) is 5.58 Å². The van der Waals surface area contributed by atoms with Gasteiger partial charge < -0.3 is 24.0 Å². The number of furan rings is 1. The second-order valence-electron chi connectivity index (χ2n) is 41.1. The fourth-order valence-electron chi connectivity index (χ4n) is 24.5. The number of hydrogen-bond donors (Lipinski definition) is 0. The minimum Gasteiger partial charge on any atom is -0.454 e. The zero-order chi connectivity index (χ0) is 94.9. The van der Waals surface area contributed by atoms with E-state index < -0.39 is 0 Å². The Balaban J connectivity index is 0.615. The van der Waals surface area contributed by atoms with Crippen LogP contribution in [0.15, 0.2) is 453 Å². The summed E-state index contributed by atoms with van der Waals surface area (Å²) in [6, 6.07) is 165. The predicted octanol–water partition coefficient (Wildman–Crippen LogP) is 38.9. The second-order valence-corrected chi connectivity index (χ2v) is 41.1. The molecule has 1 aromatic heterocycles. The van der Waals surface area contributed by atoms with Gasteiger partial charge in [-0.15, -0.1) is 0 Å². The monoisotopic (exact) mass is 1820 g/mol. The van der Waals surface area contributed by atoms with Gasteiger partial charge in [-0.25, -0.2) is 4.39 Å². The smallest absolute Gasteiger partial charge is 0.159 e. The molecule has 0 atom stereocenters. The normalized spacial score (nSPS) is 13.2. The van der Waals surface area contributed by atoms with Gasteiger partial charge in [0.25, 0.3) is 0 Å². The number of hydrogen-bond acceptors (Lipinski definition) is 5. The maximum absolute atomic E-state index is 18.4. The topological polar surface area (TPSA) is 26.1 Å². The molecule has 5 nitrogen and oxygen atoms in total. The lowest BCUT2D eigenvalue weighted by Crippen LogP contribution is -2.17. The predicted molar refractivity (Wildman–Crippen MR) is 600 cm³/mol. The lowest BCUT2D eigenvalue weighted by atomic mass is 9.81. The van der Waals surface area contributed by atoms with Crippen molar-refractivity contribution < 1.29 is 8.81 Å². The number of benzene rings is 25. The number of anilines is 12. The summed E-state index contributed by atoms with van der Waals surface area (Å²) >= 11 is 0. The van der Waals surface area contributed by atoms with Crippen molar-refractivity contribution in [2.24, 2.45) is 0 Å². The molecule has 0 saturated carbocycles. The van der Waals surface area contributed by atoms with Gasteiger partial charge >= 0.3 is 0 Å². The lowest BCUT2D eigenvalue weighted by molar-refractivity contribution is 0.590. The highest BCUT2D eigenvalue weighted by molar-refractivity contribution is 6.31. The van der Waals surface area contributed by atoms with Gasteiger partial charge in [0.05, 0.1) is 45.5 Å². The van der Waals surface area contributed by atoms with Crippen LogP contribution in [0.25, 0.3) is 185 Å². The van der Waals surface area contributed by atoms with Crippen LogP contribution in [0.4, 0.5) is 72.6 Å². The van der Waals surface area contributed by atoms with E-state index in [2.05, 4.69) is 456 Å². The zero-order valence-electron chi connectivity index (χ0n) is 79.8. The Morgan fingerprint density at radius 3 is 1.15 bits per heavy atom. The van der Waals surface area contributed by atoms with Crippen molar-refractivity contribution >= 4 is 198 Å². The molecular formula is C136H95FN4O. The Morgan fingerprint density at radius 1 is 0.218 bits per heavy atom. The molecule has 26 aromatic rings. The fourth-order valence-corrected chi connectivity index (χ4v) is 24.5. The molecule has 0 bridgehead atoms. The van der Waals surface area contributed by atoms with Gasteiger partial charge in [-0.2, -0.15) is 0 Å². The third-order valence-corrected chi connectivity index (χ3v) is 31.4. The summed E-state index contributed by atoms with van der Waals surface area (Å²) in [4.78, 5) is 9.72. The largest absolute Gasteiger partial charge is 0.454 e. The van der Waals surface area contributed by atoms with Crippen LogP contribution in [0, 0.1) is 5.82 Å². The Bertz CT molecular complexity index is 9720. The molecular weight excluding hydrogens is 1720 g/mol. The average molecular weight is 1820 g/mol. The van der Waals surface area contributed by atoms with Crippen molar-refractivity contribution in [1.29, 1.82) is 0 Å². The highest BCUT2D eigenvalue weighted by Gasteiger charge is 2.39. The number of fused-ring (bicyclic) bond motifs is 3. The van der Waals surface area contributed by atoms with Crippen molar-refractivity contribution in [3.05, 3.63) is 483 Å². The molecule has 0 aliphatic heterocycles. The van der Waals surface area contributed by atoms with Crippen molar-refractivity contribution in [1.82, 2.24) is 0 Å². The first kappa shape index (κ1) is 82.8. The first-order valence-electron chi connectivity index (χ1n) is 49.5. The quantitative estimate of drug-likeness (QED) is 0.0847. The molecule has 0 spiro atoms. The van der Waals surface area contributed by atoms with E-state index in [1.165, 1.54) is 92.5 Å². The molecule has 2 aliphatic rings. The third-order valence-electron chi connectivity index (χ3n) is 31.4. The minimum atomic E-state index is -0.325. The van der Waals surface area contributed by atoms with Crippen LogP contribution < -0.4 is 19.6 Å². The molecule has 0 saturated heterocycles. The summed E-state index contributed by atoms with van der Waals surface area (Å²) in [5.74, 6) is -0.325. The van der Waals surface area contributed by atoms with Crippen LogP contribution in [-0.4, -0.2) is 0 Å². The zero-order valence-corrected chi connectivity index (χ0v) is 79.8. The molecule has 0 fully saturated rings. The van der Waals surface area contributed by atoms with E-state index in [9.17, 15) is 0 Å². The molecule has 142 heavy (non-hydrogen) atoms. The summed E-state index contributed by atoms with van der Waals surface area (Å²) in [5, 5.41) is 25.9. The minimum absolute atomic E-state index is 0.0348. The van der Waals surface area contributed by atoms with Crippen molar-refractivity contribution in [3.63, 3.8) is 0 Å². The number of para-hydroxylation sites is 3. The molecule has 6 heteroatoms. The van der Waals surface area contributed by atoms with Gasteiger partial charge in [-0.1, -0.05) is 376 Å². The van der Waals surface area contributed by atoms with Gasteiger partial charge in [0.2, 0.25) is 0 Å². The van der Waals surface area contributed by atoms with Gasteiger partial charge in [-0.3, -0.25) is 0 Å². The molecule has 0 radical (unpaired) electrons. The van der Waals surface area contributed by atoms with Crippen molar-refractivity contribution in [3.8, 4) is 55.6 Å². The van der Waals surface area contributed by atoms with Crippen LogP contribution in [0.3, 0.4) is 0 Å². The number of nitrogens with zero attached hydrogens (tertiary/aromatic N) is 4.